The highest BCUT2D eigenvalue weighted by Crippen LogP contribution is 2.25. The number of hydrogen-bond acceptors (Lipinski definition) is 2. The summed E-state index contributed by atoms with van der Waals surface area (Å²) in [5.74, 6) is -0.857. The fourth-order valence-electron chi connectivity index (χ4n) is 2.17. The van der Waals surface area contributed by atoms with E-state index in [2.05, 4.69) is 18.7 Å². The predicted octanol–water partition coefficient (Wildman–Crippen LogP) is 1.89. The minimum absolute atomic E-state index is 0.596. The van der Waals surface area contributed by atoms with Crippen LogP contribution in [-0.2, 0) is 4.79 Å². The minimum atomic E-state index is -0.857. The van der Waals surface area contributed by atoms with Crippen LogP contribution >= 0.6 is 0 Å². The highest BCUT2D eigenvalue weighted by atomic mass is 16.4. The second-order valence-corrected chi connectivity index (χ2v) is 3.93. The van der Waals surface area contributed by atoms with Crippen molar-refractivity contribution in [3.63, 3.8) is 0 Å². The van der Waals surface area contributed by atoms with Crippen molar-refractivity contribution in [3.05, 3.63) is 12.2 Å². The summed E-state index contributed by atoms with van der Waals surface area (Å²) in [5.41, 5.74) is 0. The largest absolute Gasteiger partial charge is 0.478 e. The molecule has 1 aliphatic rings. The molecule has 0 spiro atoms. The molecule has 1 rings (SSSR count). The van der Waals surface area contributed by atoms with Gasteiger partial charge in [-0.2, -0.15) is 0 Å². The van der Waals surface area contributed by atoms with Crippen molar-refractivity contribution in [3.8, 4) is 0 Å². The number of likely N-dealkylation sites (tertiary alicyclic amines) is 1. The average molecular weight is 197 g/mol. The van der Waals surface area contributed by atoms with Crippen LogP contribution in [0.3, 0.4) is 0 Å². The predicted molar refractivity (Wildman–Crippen MR) is 56.3 cm³/mol. The van der Waals surface area contributed by atoms with Gasteiger partial charge in [0.2, 0.25) is 0 Å². The summed E-state index contributed by atoms with van der Waals surface area (Å²) >= 11 is 0. The van der Waals surface area contributed by atoms with Crippen molar-refractivity contribution in [1.29, 1.82) is 0 Å². The Balaban J connectivity index is 2.44. The lowest BCUT2D eigenvalue weighted by molar-refractivity contribution is -0.131. The normalized spacial score (nSPS) is 28.7. The highest BCUT2D eigenvalue weighted by Gasteiger charge is 2.27. The molecule has 0 amide bonds. The summed E-state index contributed by atoms with van der Waals surface area (Å²) in [4.78, 5) is 12.7. The molecule has 0 saturated carbocycles. The van der Waals surface area contributed by atoms with Crippen LogP contribution in [0.4, 0.5) is 0 Å². The van der Waals surface area contributed by atoms with Gasteiger partial charge < -0.3 is 5.11 Å². The summed E-state index contributed by atoms with van der Waals surface area (Å²) in [5, 5.41) is 8.47. The van der Waals surface area contributed by atoms with Gasteiger partial charge in [0, 0.05) is 24.7 Å². The average Bonchev–Trinajstić information content (AvgIpc) is 2.47. The molecule has 1 fully saturated rings. The van der Waals surface area contributed by atoms with E-state index in [1.165, 1.54) is 18.9 Å². The van der Waals surface area contributed by atoms with Crippen molar-refractivity contribution in [1.82, 2.24) is 4.90 Å². The van der Waals surface area contributed by atoms with Crippen molar-refractivity contribution in [2.24, 2.45) is 0 Å². The van der Waals surface area contributed by atoms with Gasteiger partial charge in [0.25, 0.3) is 0 Å². The van der Waals surface area contributed by atoms with Gasteiger partial charge in [0.15, 0.2) is 0 Å². The lowest BCUT2D eigenvalue weighted by Gasteiger charge is -2.25. The fraction of sp³-hybridized carbons (Fsp3) is 0.727. The van der Waals surface area contributed by atoms with Crippen LogP contribution in [0.1, 0.15) is 33.1 Å². The summed E-state index contributed by atoms with van der Waals surface area (Å²) in [6.07, 6.45) is 6.62. The van der Waals surface area contributed by atoms with Crippen LogP contribution in [0.5, 0.6) is 0 Å². The Hall–Kier alpha value is -0.830. The van der Waals surface area contributed by atoms with Crippen LogP contribution in [0.25, 0.3) is 0 Å². The Morgan fingerprint density at radius 2 is 2.29 bits per heavy atom. The summed E-state index contributed by atoms with van der Waals surface area (Å²) in [6, 6.07) is 1.24. The first-order valence-electron chi connectivity index (χ1n) is 5.30. The Morgan fingerprint density at radius 3 is 2.86 bits per heavy atom. The van der Waals surface area contributed by atoms with E-state index >= 15 is 0 Å². The number of hydrogen-bond donors (Lipinski definition) is 1. The molecule has 3 nitrogen and oxygen atoms in total. The molecule has 2 atom stereocenters. The van der Waals surface area contributed by atoms with Crippen LogP contribution in [0.15, 0.2) is 12.2 Å². The SMILES string of the molecule is CCC1CCC(C)N1C/C=C/C(=O)O. The maximum Gasteiger partial charge on any atom is 0.328 e. The van der Waals surface area contributed by atoms with Crippen LogP contribution < -0.4 is 0 Å². The van der Waals surface area contributed by atoms with E-state index < -0.39 is 5.97 Å². The molecule has 14 heavy (non-hydrogen) atoms. The monoisotopic (exact) mass is 197 g/mol. The van der Waals surface area contributed by atoms with E-state index in [1.807, 2.05) is 0 Å². The topological polar surface area (TPSA) is 40.5 Å². The van der Waals surface area contributed by atoms with E-state index in [9.17, 15) is 4.79 Å². The smallest absolute Gasteiger partial charge is 0.328 e. The van der Waals surface area contributed by atoms with Crippen molar-refractivity contribution in [2.75, 3.05) is 6.54 Å². The maximum atomic E-state index is 10.3. The first-order valence-corrected chi connectivity index (χ1v) is 5.30. The summed E-state index contributed by atoms with van der Waals surface area (Å²) in [7, 11) is 0. The van der Waals surface area contributed by atoms with Gasteiger partial charge in [-0.1, -0.05) is 13.0 Å². The molecule has 0 aromatic heterocycles. The number of nitrogens with zero attached hydrogens (tertiary/aromatic N) is 1. The molecule has 0 aromatic carbocycles. The molecule has 3 heteroatoms. The molecular weight excluding hydrogens is 178 g/mol. The Morgan fingerprint density at radius 1 is 1.57 bits per heavy atom. The first-order chi connectivity index (χ1) is 6.65. The lowest BCUT2D eigenvalue weighted by Crippen LogP contribution is -2.34. The fourth-order valence-corrected chi connectivity index (χ4v) is 2.17. The molecule has 80 valence electrons. The molecule has 0 bridgehead atoms. The van der Waals surface area contributed by atoms with Gasteiger partial charge in [-0.05, 0) is 26.2 Å². The quantitative estimate of drug-likeness (QED) is 0.700. The third-order valence-electron chi connectivity index (χ3n) is 3.00. The first kappa shape index (κ1) is 11.2. The molecule has 0 radical (unpaired) electrons. The van der Waals surface area contributed by atoms with Crippen molar-refractivity contribution >= 4 is 5.97 Å². The van der Waals surface area contributed by atoms with E-state index in [0.29, 0.717) is 12.1 Å². The van der Waals surface area contributed by atoms with Gasteiger partial charge in [0.05, 0.1) is 0 Å². The molecular formula is C11H19NO2. The molecule has 1 saturated heterocycles. The van der Waals surface area contributed by atoms with Gasteiger partial charge >= 0.3 is 5.97 Å². The van der Waals surface area contributed by atoms with Crippen LogP contribution in [-0.4, -0.2) is 34.6 Å². The lowest BCUT2D eigenvalue weighted by atomic mass is 10.1. The van der Waals surface area contributed by atoms with E-state index in [1.54, 1.807) is 6.08 Å². The standard InChI is InChI=1S/C11H19NO2/c1-3-10-7-6-9(2)12(10)8-4-5-11(13)14/h4-5,9-10H,3,6-8H2,1-2H3,(H,13,14)/b5-4+. The zero-order valence-corrected chi connectivity index (χ0v) is 8.94. The Labute approximate surface area is 85.4 Å². The molecule has 0 aliphatic carbocycles. The van der Waals surface area contributed by atoms with Gasteiger partial charge in [-0.15, -0.1) is 0 Å². The molecule has 1 N–H and O–H groups in total. The summed E-state index contributed by atoms with van der Waals surface area (Å²) < 4.78 is 0. The van der Waals surface area contributed by atoms with Crippen molar-refractivity contribution < 1.29 is 9.90 Å². The second kappa shape index (κ2) is 5.15. The van der Waals surface area contributed by atoms with E-state index in [-0.39, 0.29) is 0 Å². The molecule has 0 aromatic rings. The highest BCUT2D eigenvalue weighted by molar-refractivity contribution is 5.79. The zero-order valence-electron chi connectivity index (χ0n) is 8.94. The van der Waals surface area contributed by atoms with E-state index in [4.69, 9.17) is 5.11 Å². The zero-order chi connectivity index (χ0) is 10.6. The van der Waals surface area contributed by atoms with Gasteiger partial charge in [-0.3, -0.25) is 4.90 Å². The van der Waals surface area contributed by atoms with E-state index in [0.717, 1.165) is 13.0 Å². The third-order valence-corrected chi connectivity index (χ3v) is 3.00. The second-order valence-electron chi connectivity index (χ2n) is 3.93. The van der Waals surface area contributed by atoms with Crippen LogP contribution in [0.2, 0.25) is 0 Å². The number of carboxylic acid groups (broad SMARTS) is 1. The summed E-state index contributed by atoms with van der Waals surface area (Å²) in [6.45, 7) is 5.17. The molecule has 2 unspecified atom stereocenters. The Kier molecular flexibility index (Phi) is 4.14. The minimum Gasteiger partial charge on any atom is -0.478 e. The third kappa shape index (κ3) is 2.84. The maximum absolute atomic E-state index is 10.3. The Bertz CT molecular complexity index is 225. The van der Waals surface area contributed by atoms with Crippen molar-refractivity contribution in [2.45, 2.75) is 45.2 Å². The number of aliphatic carboxylic acids is 1. The van der Waals surface area contributed by atoms with Crippen LogP contribution in [0, 0.1) is 0 Å². The van der Waals surface area contributed by atoms with Gasteiger partial charge in [-0.25, -0.2) is 4.79 Å². The van der Waals surface area contributed by atoms with Gasteiger partial charge in [0.1, 0.15) is 0 Å². The number of rotatable bonds is 4. The number of carbonyl (C=O) groups is 1. The molecule has 1 heterocycles. The molecule has 1 aliphatic heterocycles. The number of carboxylic acids is 1.